The maximum absolute atomic E-state index is 5.92. The lowest BCUT2D eigenvalue weighted by Gasteiger charge is -2.17. The minimum Gasteiger partial charge on any atom is -0.490 e. The maximum atomic E-state index is 5.92. The Hall–Kier alpha value is -0.780. The number of ether oxygens (including phenoxy) is 3. The van der Waals surface area contributed by atoms with Crippen molar-refractivity contribution in [2.24, 2.45) is 0 Å². The third kappa shape index (κ3) is 4.11. The highest BCUT2D eigenvalue weighted by Crippen LogP contribution is 2.37. The van der Waals surface area contributed by atoms with Crippen LogP contribution in [0.2, 0.25) is 0 Å². The van der Waals surface area contributed by atoms with Crippen LogP contribution in [0.15, 0.2) is 16.6 Å². The average Bonchev–Trinajstić information content (AvgIpc) is 2.92. The van der Waals surface area contributed by atoms with E-state index in [-0.39, 0.29) is 6.10 Å². The minimum absolute atomic E-state index is 0.202. The Morgan fingerprint density at radius 1 is 1.40 bits per heavy atom. The van der Waals surface area contributed by atoms with E-state index >= 15 is 0 Å². The normalized spacial score (nSPS) is 18.2. The summed E-state index contributed by atoms with van der Waals surface area (Å²) in [6.07, 6.45) is 2.39. The predicted octanol–water partition coefficient (Wildman–Crippen LogP) is 3.13. The lowest BCUT2D eigenvalue weighted by Crippen LogP contribution is -2.17. The summed E-state index contributed by atoms with van der Waals surface area (Å²) in [7, 11) is 1.93. The zero-order chi connectivity index (χ0) is 14.4. The molecule has 1 fully saturated rings. The lowest BCUT2D eigenvalue weighted by atomic mass is 10.2. The molecule has 2 rings (SSSR count). The van der Waals surface area contributed by atoms with Crippen LogP contribution >= 0.6 is 15.9 Å². The van der Waals surface area contributed by atoms with Gasteiger partial charge < -0.3 is 19.5 Å². The topological polar surface area (TPSA) is 39.7 Å². The summed E-state index contributed by atoms with van der Waals surface area (Å²) < 4.78 is 18.1. The van der Waals surface area contributed by atoms with Crippen molar-refractivity contribution in [3.63, 3.8) is 0 Å². The van der Waals surface area contributed by atoms with E-state index in [9.17, 15) is 0 Å². The van der Waals surface area contributed by atoms with Crippen molar-refractivity contribution >= 4 is 15.9 Å². The van der Waals surface area contributed by atoms with Crippen molar-refractivity contribution < 1.29 is 14.2 Å². The van der Waals surface area contributed by atoms with Crippen LogP contribution in [-0.2, 0) is 11.3 Å². The second kappa shape index (κ2) is 7.86. The molecule has 1 atom stereocenters. The zero-order valence-corrected chi connectivity index (χ0v) is 13.7. The standard InChI is InChI=1S/C15H22BrNO3/c1-3-18-14-8-11(9-17-2)7-13(16)15(14)20-10-12-5-4-6-19-12/h7-8,12,17H,3-6,9-10H2,1-2H3. The Bertz CT molecular complexity index is 433. The minimum atomic E-state index is 0.202. The monoisotopic (exact) mass is 343 g/mol. The van der Waals surface area contributed by atoms with Crippen molar-refractivity contribution in [3.8, 4) is 11.5 Å². The van der Waals surface area contributed by atoms with Crippen LogP contribution in [0.1, 0.15) is 25.3 Å². The van der Waals surface area contributed by atoms with Crippen LogP contribution in [0.5, 0.6) is 11.5 Å². The Morgan fingerprint density at radius 2 is 2.25 bits per heavy atom. The summed E-state index contributed by atoms with van der Waals surface area (Å²) in [5.74, 6) is 1.55. The van der Waals surface area contributed by atoms with E-state index in [1.807, 2.05) is 20.0 Å². The van der Waals surface area contributed by atoms with E-state index in [1.165, 1.54) is 0 Å². The molecule has 0 radical (unpaired) electrons. The fourth-order valence-corrected chi connectivity index (χ4v) is 2.89. The molecule has 112 valence electrons. The van der Waals surface area contributed by atoms with E-state index in [2.05, 4.69) is 27.3 Å². The van der Waals surface area contributed by atoms with E-state index in [1.54, 1.807) is 0 Å². The SMILES string of the molecule is CCOc1cc(CNC)cc(Br)c1OCC1CCCO1. The summed E-state index contributed by atoms with van der Waals surface area (Å²) in [6.45, 7) is 4.80. The van der Waals surface area contributed by atoms with E-state index in [0.29, 0.717) is 13.2 Å². The first-order chi connectivity index (χ1) is 9.74. The first kappa shape index (κ1) is 15.6. The molecule has 0 bridgehead atoms. The number of hydrogen-bond donors (Lipinski definition) is 1. The van der Waals surface area contributed by atoms with Crippen LogP contribution in [-0.4, -0.2) is 33.0 Å². The van der Waals surface area contributed by atoms with Gasteiger partial charge in [0.15, 0.2) is 11.5 Å². The molecule has 1 unspecified atom stereocenters. The molecule has 5 heteroatoms. The van der Waals surface area contributed by atoms with Gasteiger partial charge in [-0.3, -0.25) is 0 Å². The molecule has 1 aromatic carbocycles. The van der Waals surface area contributed by atoms with E-state index in [4.69, 9.17) is 14.2 Å². The summed E-state index contributed by atoms with van der Waals surface area (Å²) in [6, 6.07) is 4.08. The van der Waals surface area contributed by atoms with Gasteiger partial charge in [0, 0.05) is 13.2 Å². The number of benzene rings is 1. The summed E-state index contributed by atoms with van der Waals surface area (Å²) in [5, 5.41) is 3.14. The number of hydrogen-bond acceptors (Lipinski definition) is 4. The van der Waals surface area contributed by atoms with Gasteiger partial charge in [0.1, 0.15) is 6.61 Å². The van der Waals surface area contributed by atoms with E-state index < -0.39 is 0 Å². The summed E-state index contributed by atoms with van der Waals surface area (Å²) >= 11 is 3.57. The van der Waals surface area contributed by atoms with Gasteiger partial charge >= 0.3 is 0 Å². The summed E-state index contributed by atoms with van der Waals surface area (Å²) in [4.78, 5) is 0. The van der Waals surface area contributed by atoms with Crippen LogP contribution in [0.3, 0.4) is 0 Å². The van der Waals surface area contributed by atoms with Gasteiger partial charge in [-0.1, -0.05) is 0 Å². The average molecular weight is 344 g/mol. The molecule has 1 heterocycles. The fraction of sp³-hybridized carbons (Fsp3) is 0.600. The molecule has 1 aromatic rings. The molecular formula is C15H22BrNO3. The summed E-state index contributed by atoms with van der Waals surface area (Å²) in [5.41, 5.74) is 1.16. The van der Waals surface area contributed by atoms with Gasteiger partial charge in [-0.05, 0) is 60.4 Å². The first-order valence-electron chi connectivity index (χ1n) is 7.08. The molecule has 1 aliphatic heterocycles. The van der Waals surface area contributed by atoms with Crippen molar-refractivity contribution in [1.29, 1.82) is 0 Å². The largest absolute Gasteiger partial charge is 0.490 e. The van der Waals surface area contributed by atoms with Crippen LogP contribution < -0.4 is 14.8 Å². The lowest BCUT2D eigenvalue weighted by molar-refractivity contribution is 0.0664. The number of nitrogens with one attached hydrogen (secondary N) is 1. The third-order valence-corrected chi connectivity index (χ3v) is 3.78. The Labute approximate surface area is 128 Å². The van der Waals surface area contributed by atoms with Crippen LogP contribution in [0.4, 0.5) is 0 Å². The van der Waals surface area contributed by atoms with Gasteiger partial charge in [0.05, 0.1) is 17.2 Å². The molecule has 20 heavy (non-hydrogen) atoms. The second-order valence-corrected chi connectivity index (χ2v) is 5.67. The molecule has 0 aromatic heterocycles. The number of rotatable bonds is 7. The second-order valence-electron chi connectivity index (χ2n) is 4.81. The number of halogens is 1. The molecule has 1 N–H and O–H groups in total. The first-order valence-corrected chi connectivity index (χ1v) is 7.88. The third-order valence-electron chi connectivity index (χ3n) is 3.19. The van der Waals surface area contributed by atoms with Crippen LogP contribution in [0, 0.1) is 0 Å². The van der Waals surface area contributed by atoms with Crippen molar-refractivity contribution in [2.75, 3.05) is 26.9 Å². The van der Waals surface area contributed by atoms with Gasteiger partial charge in [-0.2, -0.15) is 0 Å². The molecule has 1 saturated heterocycles. The Morgan fingerprint density at radius 3 is 2.90 bits per heavy atom. The predicted molar refractivity (Wildman–Crippen MR) is 82.5 cm³/mol. The van der Waals surface area contributed by atoms with Gasteiger partial charge in [0.25, 0.3) is 0 Å². The maximum Gasteiger partial charge on any atom is 0.175 e. The van der Waals surface area contributed by atoms with Crippen LogP contribution in [0.25, 0.3) is 0 Å². The van der Waals surface area contributed by atoms with Gasteiger partial charge in [-0.25, -0.2) is 0 Å². The van der Waals surface area contributed by atoms with E-state index in [0.717, 1.165) is 47.5 Å². The molecule has 0 spiro atoms. The quantitative estimate of drug-likeness (QED) is 0.825. The Kier molecular flexibility index (Phi) is 6.13. The highest BCUT2D eigenvalue weighted by Gasteiger charge is 2.19. The molecule has 4 nitrogen and oxygen atoms in total. The fourth-order valence-electron chi connectivity index (χ4n) is 2.28. The molecular weight excluding hydrogens is 322 g/mol. The highest BCUT2D eigenvalue weighted by atomic mass is 79.9. The van der Waals surface area contributed by atoms with Gasteiger partial charge in [-0.15, -0.1) is 0 Å². The molecule has 0 aliphatic carbocycles. The molecule has 1 aliphatic rings. The Balaban J connectivity index is 2.11. The highest BCUT2D eigenvalue weighted by molar-refractivity contribution is 9.10. The van der Waals surface area contributed by atoms with Gasteiger partial charge in [0.2, 0.25) is 0 Å². The van der Waals surface area contributed by atoms with Crippen molar-refractivity contribution in [2.45, 2.75) is 32.4 Å². The molecule has 0 amide bonds. The smallest absolute Gasteiger partial charge is 0.175 e. The molecule has 0 saturated carbocycles. The zero-order valence-electron chi connectivity index (χ0n) is 12.1. The van der Waals surface area contributed by atoms with Crippen molar-refractivity contribution in [1.82, 2.24) is 5.32 Å². The van der Waals surface area contributed by atoms with Crippen molar-refractivity contribution in [3.05, 3.63) is 22.2 Å².